The Bertz CT molecular complexity index is 1450. The predicted molar refractivity (Wildman–Crippen MR) is 160 cm³/mol. The molecular formula is C30H37N5O3S. The summed E-state index contributed by atoms with van der Waals surface area (Å²) in [5.41, 5.74) is 4.76. The van der Waals surface area contributed by atoms with Gasteiger partial charge in [-0.2, -0.15) is 0 Å². The number of phenolic OH excluding ortho intramolecular Hbond substituents is 1. The Kier molecular flexibility index (Phi) is 7.93. The molecule has 1 N–H and O–H groups in total. The fourth-order valence-corrected chi connectivity index (χ4v) is 5.30. The number of pyridine rings is 1. The number of nitrogens with zero attached hydrogens (tertiary/aromatic N) is 5. The quantitative estimate of drug-likeness (QED) is 0.327. The summed E-state index contributed by atoms with van der Waals surface area (Å²) in [5, 5.41) is 10.1. The Balaban J connectivity index is 1.49. The zero-order valence-electron chi connectivity index (χ0n) is 23.1. The molecule has 0 aliphatic carbocycles. The van der Waals surface area contributed by atoms with Crippen LogP contribution >= 0.6 is 10.0 Å². The van der Waals surface area contributed by atoms with Crippen molar-refractivity contribution >= 4 is 27.1 Å². The van der Waals surface area contributed by atoms with E-state index in [0.717, 1.165) is 60.0 Å². The minimum atomic E-state index is -0.670. The van der Waals surface area contributed by atoms with Crippen LogP contribution in [0, 0.1) is 0 Å². The number of fused-ring (bicyclic) bond motifs is 1. The summed E-state index contributed by atoms with van der Waals surface area (Å²) in [4.78, 5) is 26.9. The number of likely N-dealkylation sites (N-methyl/N-ethyl adjacent to an activating group) is 1. The van der Waals surface area contributed by atoms with Gasteiger partial charge in [0.1, 0.15) is 23.8 Å². The average Bonchev–Trinajstić information content (AvgIpc) is 3.29. The fourth-order valence-electron chi connectivity index (χ4n) is 4.69. The molecule has 5 rings (SSSR count). The maximum atomic E-state index is 13.1. The van der Waals surface area contributed by atoms with E-state index < -0.39 is 10.0 Å². The van der Waals surface area contributed by atoms with Crippen LogP contribution in [0.1, 0.15) is 10.4 Å². The maximum Gasteiger partial charge on any atom is 0.253 e. The van der Waals surface area contributed by atoms with Crippen molar-refractivity contribution in [3.63, 3.8) is 0 Å². The molecule has 1 amide bonds. The van der Waals surface area contributed by atoms with Gasteiger partial charge in [-0.15, -0.1) is 0 Å². The van der Waals surface area contributed by atoms with Crippen molar-refractivity contribution in [3.05, 3.63) is 66.4 Å². The molecule has 0 saturated carbocycles. The summed E-state index contributed by atoms with van der Waals surface area (Å²) >= 11 is 0. The number of carbonyl (C=O) groups excluding carboxylic acids is 1. The van der Waals surface area contributed by atoms with E-state index in [9.17, 15) is 9.90 Å². The second-order valence-corrected chi connectivity index (χ2v) is 15.5. The van der Waals surface area contributed by atoms with Crippen LogP contribution in [0.25, 0.3) is 33.7 Å². The van der Waals surface area contributed by atoms with Gasteiger partial charge in [0.25, 0.3) is 5.91 Å². The number of amides is 1. The summed E-state index contributed by atoms with van der Waals surface area (Å²) in [6, 6.07) is 16.7. The molecule has 206 valence electrons. The molecule has 8 nitrogen and oxygen atoms in total. The summed E-state index contributed by atoms with van der Waals surface area (Å²) in [5.74, 6) is 2.00. The third kappa shape index (κ3) is 6.27. The van der Waals surface area contributed by atoms with Gasteiger partial charge in [-0.3, -0.25) is 9.36 Å². The molecule has 2 aromatic carbocycles. The molecule has 1 aliphatic heterocycles. The van der Waals surface area contributed by atoms with Crippen LogP contribution in [0.2, 0.25) is 0 Å². The summed E-state index contributed by atoms with van der Waals surface area (Å²) in [7, 11) is 1.41. The van der Waals surface area contributed by atoms with E-state index in [2.05, 4.69) is 35.7 Å². The highest BCUT2D eigenvalue weighted by Crippen LogP contribution is 2.34. The van der Waals surface area contributed by atoms with Gasteiger partial charge >= 0.3 is 0 Å². The largest absolute Gasteiger partial charge is 0.508 e. The zero-order chi connectivity index (χ0) is 27.6. The fraction of sp³-hybridized carbons (Fsp3) is 0.367. The van der Waals surface area contributed by atoms with Crippen LogP contribution in [0.15, 0.2) is 60.8 Å². The molecule has 0 radical (unpaired) electrons. The van der Waals surface area contributed by atoms with Gasteiger partial charge in [-0.25, -0.2) is 20.0 Å². The molecule has 0 unspecified atom stereocenters. The van der Waals surface area contributed by atoms with Gasteiger partial charge in [-0.1, -0.05) is 24.3 Å². The number of carbonyl (C=O) groups is 1. The minimum Gasteiger partial charge on any atom is -0.508 e. The lowest BCUT2D eigenvalue weighted by atomic mass is 10.1. The Morgan fingerprint density at radius 3 is 2.44 bits per heavy atom. The number of rotatable bonds is 8. The summed E-state index contributed by atoms with van der Waals surface area (Å²) in [6.45, 7) is 4.23. The normalized spacial score (nSPS) is 15.1. The van der Waals surface area contributed by atoms with E-state index in [0.29, 0.717) is 24.5 Å². The first-order chi connectivity index (χ1) is 18.7. The lowest BCUT2D eigenvalue weighted by molar-refractivity contribution is 0.0664. The lowest BCUT2D eigenvalue weighted by Crippen LogP contribution is -2.47. The Hall–Kier alpha value is -3.40. The van der Waals surface area contributed by atoms with Crippen LogP contribution in [0.3, 0.4) is 0 Å². The van der Waals surface area contributed by atoms with E-state index in [1.807, 2.05) is 51.9 Å². The zero-order valence-corrected chi connectivity index (χ0v) is 23.9. The van der Waals surface area contributed by atoms with Crippen molar-refractivity contribution in [2.45, 2.75) is 6.73 Å². The van der Waals surface area contributed by atoms with Crippen LogP contribution in [-0.2, 0) is 11.5 Å². The van der Waals surface area contributed by atoms with Crippen LogP contribution < -0.4 is 0 Å². The molecule has 1 fully saturated rings. The molecule has 0 bridgehead atoms. The number of hydrogen-bond donors (Lipinski definition) is 1. The smallest absolute Gasteiger partial charge is 0.253 e. The van der Waals surface area contributed by atoms with Gasteiger partial charge in [-0.05, 0) is 61.7 Å². The Morgan fingerprint density at radius 1 is 1.00 bits per heavy atom. The standard InChI is InChI=1S/C30H37N5O3S/c1-33-14-16-34(17-15-33)30(37)23-10-8-22(9-11-23)28-32-27-26(24-6-5-7-25(36)20-24)12-13-31-29(27)35(28)21-38-18-19-39(2,3)4/h5-13,20,36H,14-19,21H2,1-4H3. The second-order valence-electron chi connectivity index (χ2n) is 10.9. The first-order valence-corrected chi connectivity index (χ1v) is 16.2. The highest BCUT2D eigenvalue weighted by atomic mass is 32.3. The third-order valence-corrected chi connectivity index (χ3v) is 8.42. The summed E-state index contributed by atoms with van der Waals surface area (Å²) in [6.07, 6.45) is 8.61. The predicted octanol–water partition coefficient (Wildman–Crippen LogP) is 4.53. The van der Waals surface area contributed by atoms with Gasteiger partial charge in [0, 0.05) is 54.8 Å². The molecular weight excluding hydrogens is 510 g/mol. The average molecular weight is 548 g/mol. The van der Waals surface area contributed by atoms with Gasteiger partial charge in [0.05, 0.1) is 6.61 Å². The lowest BCUT2D eigenvalue weighted by Gasteiger charge is -2.32. The van der Waals surface area contributed by atoms with Crippen molar-refractivity contribution in [3.8, 4) is 28.3 Å². The molecule has 2 aromatic heterocycles. The molecule has 1 saturated heterocycles. The van der Waals surface area contributed by atoms with Crippen molar-refractivity contribution in [1.29, 1.82) is 0 Å². The van der Waals surface area contributed by atoms with E-state index in [4.69, 9.17) is 9.72 Å². The van der Waals surface area contributed by atoms with Gasteiger partial charge in [0.2, 0.25) is 0 Å². The minimum absolute atomic E-state index is 0.0593. The number of ether oxygens (including phenoxy) is 1. The topological polar surface area (TPSA) is 83.7 Å². The Morgan fingerprint density at radius 2 is 1.74 bits per heavy atom. The van der Waals surface area contributed by atoms with Gasteiger partial charge in [0.15, 0.2) is 5.65 Å². The van der Waals surface area contributed by atoms with E-state index in [1.54, 1.807) is 18.3 Å². The van der Waals surface area contributed by atoms with Crippen molar-refractivity contribution in [2.24, 2.45) is 0 Å². The molecule has 39 heavy (non-hydrogen) atoms. The van der Waals surface area contributed by atoms with E-state index in [-0.39, 0.29) is 11.7 Å². The van der Waals surface area contributed by atoms with Crippen molar-refractivity contribution in [2.75, 3.05) is 64.4 Å². The third-order valence-electron chi connectivity index (χ3n) is 7.03. The highest BCUT2D eigenvalue weighted by molar-refractivity contribution is 8.32. The van der Waals surface area contributed by atoms with Crippen LogP contribution in [-0.4, -0.2) is 99.7 Å². The monoisotopic (exact) mass is 547 g/mol. The van der Waals surface area contributed by atoms with Crippen molar-refractivity contribution < 1.29 is 14.6 Å². The molecule has 9 heteroatoms. The van der Waals surface area contributed by atoms with E-state index >= 15 is 0 Å². The maximum absolute atomic E-state index is 13.1. The SMILES string of the molecule is CN1CCN(C(=O)c2ccc(-c3nc4c(-c5cccc(O)c5)ccnc4n3COCCS(C)(C)C)cc2)CC1. The number of hydrogen-bond acceptors (Lipinski definition) is 6. The highest BCUT2D eigenvalue weighted by Gasteiger charge is 2.22. The van der Waals surface area contributed by atoms with Crippen LogP contribution in [0.4, 0.5) is 0 Å². The number of aromatic hydroxyl groups is 1. The second kappa shape index (κ2) is 11.4. The number of piperazine rings is 1. The van der Waals surface area contributed by atoms with Crippen LogP contribution in [0.5, 0.6) is 5.75 Å². The van der Waals surface area contributed by atoms with Gasteiger partial charge < -0.3 is 19.6 Å². The first-order valence-electron chi connectivity index (χ1n) is 13.2. The number of benzene rings is 2. The molecule has 1 aliphatic rings. The first kappa shape index (κ1) is 27.2. The summed E-state index contributed by atoms with van der Waals surface area (Å²) < 4.78 is 8.13. The number of phenols is 1. The molecule has 0 atom stereocenters. The van der Waals surface area contributed by atoms with Crippen molar-refractivity contribution in [1.82, 2.24) is 24.3 Å². The Labute approximate surface area is 231 Å². The number of imidazole rings is 1. The molecule has 4 aromatic rings. The van der Waals surface area contributed by atoms with E-state index in [1.165, 1.54) is 0 Å². The number of aromatic nitrogens is 3. The molecule has 0 spiro atoms. The molecule has 3 heterocycles.